The van der Waals surface area contributed by atoms with Crippen molar-refractivity contribution in [3.05, 3.63) is 0 Å². The van der Waals surface area contributed by atoms with Crippen molar-refractivity contribution in [2.75, 3.05) is 0 Å². The second kappa shape index (κ2) is 14.4. The first-order chi connectivity index (χ1) is 15.6. The molecule has 34 heavy (non-hydrogen) atoms. The molecule has 15 heteroatoms. The Morgan fingerprint density at radius 3 is 1.65 bits per heavy atom. The molecule has 0 spiro atoms. The molecule has 0 aromatic carbocycles. The van der Waals surface area contributed by atoms with E-state index in [2.05, 4.69) is 16.0 Å². The average molecular weight is 489 g/mol. The molecule has 0 bridgehead atoms. The van der Waals surface area contributed by atoms with Crippen molar-refractivity contribution in [3.63, 3.8) is 0 Å². The van der Waals surface area contributed by atoms with Crippen LogP contribution in [0.15, 0.2) is 0 Å². The number of carbonyl (C=O) groups is 7. The summed E-state index contributed by atoms with van der Waals surface area (Å²) in [7, 11) is 0. The van der Waals surface area contributed by atoms with Gasteiger partial charge in [0.2, 0.25) is 23.6 Å². The number of carboxylic acids is 3. The highest BCUT2D eigenvalue weighted by Crippen LogP contribution is 2.07. The summed E-state index contributed by atoms with van der Waals surface area (Å²) < 4.78 is 0. The van der Waals surface area contributed by atoms with Crippen LogP contribution >= 0.6 is 0 Å². The summed E-state index contributed by atoms with van der Waals surface area (Å²) in [5.74, 6) is -8.42. The van der Waals surface area contributed by atoms with Crippen molar-refractivity contribution < 1.29 is 48.9 Å². The van der Waals surface area contributed by atoms with E-state index >= 15 is 0 Å². The van der Waals surface area contributed by atoms with E-state index in [0.717, 1.165) is 0 Å². The maximum atomic E-state index is 12.7. The SMILES string of the molecule is CC(C)CC(NC(=O)C(CC(=O)O)NC(=O)C(CCC(N)=O)NC(=O)C(N)CC(=O)O)C(=O)O. The van der Waals surface area contributed by atoms with Gasteiger partial charge >= 0.3 is 17.9 Å². The van der Waals surface area contributed by atoms with Crippen molar-refractivity contribution in [2.45, 2.75) is 70.1 Å². The Morgan fingerprint density at radius 2 is 1.21 bits per heavy atom. The molecular formula is C19H31N5O10. The third-order valence-corrected chi connectivity index (χ3v) is 4.38. The number of primary amides is 1. The summed E-state index contributed by atoms with van der Waals surface area (Å²) in [4.78, 5) is 81.8. The minimum Gasteiger partial charge on any atom is -0.481 e. The zero-order valence-corrected chi connectivity index (χ0v) is 18.8. The van der Waals surface area contributed by atoms with E-state index in [1.165, 1.54) is 0 Å². The summed E-state index contributed by atoms with van der Waals surface area (Å²) in [5, 5.41) is 33.5. The predicted molar refractivity (Wildman–Crippen MR) is 114 cm³/mol. The Labute approximate surface area is 194 Å². The van der Waals surface area contributed by atoms with E-state index in [0.29, 0.717) is 0 Å². The summed E-state index contributed by atoms with van der Waals surface area (Å²) >= 11 is 0. The van der Waals surface area contributed by atoms with Crippen molar-refractivity contribution in [3.8, 4) is 0 Å². The number of rotatable bonds is 16. The first kappa shape index (κ1) is 30.2. The maximum Gasteiger partial charge on any atom is 0.326 e. The van der Waals surface area contributed by atoms with Crippen LogP contribution in [0.5, 0.6) is 0 Å². The number of carbonyl (C=O) groups excluding carboxylic acids is 4. The fourth-order valence-corrected chi connectivity index (χ4v) is 2.74. The molecular weight excluding hydrogens is 458 g/mol. The smallest absolute Gasteiger partial charge is 0.326 e. The monoisotopic (exact) mass is 489 g/mol. The largest absolute Gasteiger partial charge is 0.481 e. The van der Waals surface area contributed by atoms with E-state index in [1.807, 2.05) is 0 Å². The molecule has 0 aromatic heterocycles. The molecule has 0 radical (unpaired) electrons. The average Bonchev–Trinajstić information content (AvgIpc) is 2.68. The number of hydrogen-bond acceptors (Lipinski definition) is 8. The normalized spacial score (nSPS) is 14.2. The molecule has 10 N–H and O–H groups in total. The third kappa shape index (κ3) is 12.3. The van der Waals surface area contributed by atoms with Crippen molar-refractivity contribution in [2.24, 2.45) is 17.4 Å². The number of nitrogens with one attached hydrogen (secondary N) is 3. The summed E-state index contributed by atoms with van der Waals surface area (Å²) in [5.41, 5.74) is 10.5. The first-order valence-electron chi connectivity index (χ1n) is 10.2. The lowest BCUT2D eigenvalue weighted by molar-refractivity contribution is -0.144. The zero-order valence-electron chi connectivity index (χ0n) is 18.8. The fraction of sp³-hybridized carbons (Fsp3) is 0.632. The van der Waals surface area contributed by atoms with Gasteiger partial charge in [0.25, 0.3) is 0 Å². The fourth-order valence-electron chi connectivity index (χ4n) is 2.74. The number of carboxylic acid groups (broad SMARTS) is 3. The molecule has 0 saturated heterocycles. The van der Waals surface area contributed by atoms with Crippen molar-refractivity contribution in [1.29, 1.82) is 0 Å². The van der Waals surface area contributed by atoms with Gasteiger partial charge in [0.05, 0.1) is 18.9 Å². The van der Waals surface area contributed by atoms with Crippen LogP contribution in [0.1, 0.15) is 46.0 Å². The molecule has 0 fully saturated rings. The quantitative estimate of drug-likeness (QED) is 0.109. The highest BCUT2D eigenvalue weighted by Gasteiger charge is 2.32. The van der Waals surface area contributed by atoms with Gasteiger partial charge in [-0.3, -0.25) is 28.8 Å². The lowest BCUT2D eigenvalue weighted by Gasteiger charge is -2.24. The number of aliphatic carboxylic acids is 3. The molecule has 192 valence electrons. The van der Waals surface area contributed by atoms with Gasteiger partial charge in [-0.2, -0.15) is 0 Å². The number of amides is 4. The topological polar surface area (TPSA) is 268 Å². The third-order valence-electron chi connectivity index (χ3n) is 4.38. The Morgan fingerprint density at radius 1 is 0.735 bits per heavy atom. The highest BCUT2D eigenvalue weighted by molar-refractivity contribution is 5.96. The van der Waals surface area contributed by atoms with Crippen molar-refractivity contribution >= 4 is 41.5 Å². The highest BCUT2D eigenvalue weighted by atomic mass is 16.4. The first-order valence-corrected chi connectivity index (χ1v) is 10.2. The lowest BCUT2D eigenvalue weighted by Crippen LogP contribution is -2.57. The second-order valence-electron chi connectivity index (χ2n) is 7.96. The van der Waals surface area contributed by atoms with Crippen LogP contribution in [0.25, 0.3) is 0 Å². The van der Waals surface area contributed by atoms with Crippen LogP contribution < -0.4 is 27.4 Å². The molecule has 4 unspecified atom stereocenters. The Bertz CT molecular complexity index is 800. The van der Waals surface area contributed by atoms with Gasteiger partial charge in [-0.25, -0.2) is 4.79 Å². The zero-order chi connectivity index (χ0) is 26.6. The Kier molecular flexibility index (Phi) is 12.8. The van der Waals surface area contributed by atoms with E-state index in [1.54, 1.807) is 13.8 Å². The summed E-state index contributed by atoms with van der Waals surface area (Å²) in [6.45, 7) is 3.42. The Balaban J connectivity index is 5.60. The Hall–Kier alpha value is -3.75. The van der Waals surface area contributed by atoms with Gasteiger partial charge in [-0.05, 0) is 18.8 Å². The molecule has 0 aliphatic heterocycles. The van der Waals surface area contributed by atoms with Crippen molar-refractivity contribution in [1.82, 2.24) is 16.0 Å². The van der Waals surface area contributed by atoms with Crippen LogP contribution in [0, 0.1) is 5.92 Å². The lowest BCUT2D eigenvalue weighted by atomic mass is 10.0. The van der Waals surface area contributed by atoms with Crippen LogP contribution in [0.3, 0.4) is 0 Å². The van der Waals surface area contributed by atoms with Crippen LogP contribution in [-0.2, 0) is 33.6 Å². The van der Waals surface area contributed by atoms with Gasteiger partial charge in [0, 0.05) is 6.42 Å². The van der Waals surface area contributed by atoms with Gasteiger partial charge in [0.1, 0.15) is 18.1 Å². The van der Waals surface area contributed by atoms with Gasteiger partial charge in [0.15, 0.2) is 0 Å². The number of nitrogens with two attached hydrogens (primary N) is 2. The van der Waals surface area contributed by atoms with Gasteiger partial charge in [-0.1, -0.05) is 13.8 Å². The molecule has 0 heterocycles. The number of hydrogen-bond donors (Lipinski definition) is 8. The summed E-state index contributed by atoms with van der Waals surface area (Å²) in [6, 6.07) is -6.12. The van der Waals surface area contributed by atoms with Gasteiger partial charge < -0.3 is 42.7 Å². The molecule has 0 aliphatic carbocycles. The molecule has 0 aliphatic rings. The molecule has 0 rings (SSSR count). The van der Waals surface area contributed by atoms with E-state index < -0.39 is 85.0 Å². The second-order valence-corrected chi connectivity index (χ2v) is 7.96. The molecule has 15 nitrogen and oxygen atoms in total. The maximum absolute atomic E-state index is 12.7. The minimum absolute atomic E-state index is 0.0353. The molecule has 0 saturated carbocycles. The van der Waals surface area contributed by atoms with Crippen LogP contribution in [0.4, 0.5) is 0 Å². The predicted octanol–water partition coefficient (Wildman–Crippen LogP) is -2.89. The van der Waals surface area contributed by atoms with E-state index in [-0.39, 0.29) is 18.8 Å². The molecule has 0 aromatic rings. The minimum atomic E-state index is -1.72. The van der Waals surface area contributed by atoms with E-state index in [9.17, 15) is 38.7 Å². The van der Waals surface area contributed by atoms with Gasteiger partial charge in [-0.15, -0.1) is 0 Å². The van der Waals surface area contributed by atoms with E-state index in [4.69, 9.17) is 21.7 Å². The van der Waals surface area contributed by atoms with Crippen LogP contribution in [-0.4, -0.2) is 81.0 Å². The standard InChI is InChI=1S/C19H31N5O10/c1-8(2)5-12(19(33)34)24-18(32)11(7-15(28)29)23-17(31)10(3-4-13(21)25)22-16(30)9(20)6-14(26)27/h8-12H,3-7,20H2,1-2H3,(H2,21,25)(H,22,30)(H,23,31)(H,24,32)(H,26,27)(H,28,29)(H,33,34). The molecule has 4 amide bonds. The molecule has 4 atom stereocenters. The van der Waals surface area contributed by atoms with Crippen LogP contribution in [0.2, 0.25) is 0 Å². The summed E-state index contributed by atoms with van der Waals surface area (Å²) in [6.07, 6.45) is -2.39.